The molecular formula is C28H34ClN3O5. The number of halogens is 1. The van der Waals surface area contributed by atoms with Crippen LogP contribution >= 0.6 is 11.6 Å². The summed E-state index contributed by atoms with van der Waals surface area (Å²) < 4.78 is 11.1. The molecule has 3 amide bonds. The molecule has 0 saturated heterocycles. The van der Waals surface area contributed by atoms with Gasteiger partial charge in [0.2, 0.25) is 0 Å². The summed E-state index contributed by atoms with van der Waals surface area (Å²) in [6, 6.07) is 13.5. The van der Waals surface area contributed by atoms with Crippen molar-refractivity contribution in [2.75, 3.05) is 26.7 Å². The largest absolute Gasteiger partial charge is 0.484 e. The zero-order chi connectivity index (χ0) is 27.1. The van der Waals surface area contributed by atoms with Crippen LogP contribution in [-0.2, 0) is 14.3 Å². The van der Waals surface area contributed by atoms with Crippen LogP contribution in [0, 0.1) is 12.8 Å². The predicted molar refractivity (Wildman–Crippen MR) is 143 cm³/mol. The van der Waals surface area contributed by atoms with Gasteiger partial charge in [0.05, 0.1) is 12.1 Å². The Kier molecular flexibility index (Phi) is 9.69. The molecule has 1 aliphatic heterocycles. The van der Waals surface area contributed by atoms with E-state index in [4.69, 9.17) is 21.1 Å². The quantitative estimate of drug-likeness (QED) is 0.402. The lowest BCUT2D eigenvalue weighted by Crippen LogP contribution is -2.48. The van der Waals surface area contributed by atoms with Crippen LogP contribution in [0.3, 0.4) is 0 Å². The van der Waals surface area contributed by atoms with E-state index in [-0.39, 0.29) is 25.2 Å². The van der Waals surface area contributed by atoms with Crippen LogP contribution in [-0.4, -0.2) is 66.3 Å². The van der Waals surface area contributed by atoms with Crippen molar-refractivity contribution in [1.29, 1.82) is 0 Å². The first kappa shape index (κ1) is 28.2. The minimum atomic E-state index is -0.763. The molecule has 0 fully saturated rings. The van der Waals surface area contributed by atoms with Crippen LogP contribution < -0.4 is 4.74 Å². The van der Waals surface area contributed by atoms with E-state index >= 15 is 0 Å². The lowest BCUT2D eigenvalue weighted by molar-refractivity contribution is -0.151. The third-order valence-electron chi connectivity index (χ3n) is 6.12. The summed E-state index contributed by atoms with van der Waals surface area (Å²) in [7, 11) is 1.69. The molecule has 2 atom stereocenters. The van der Waals surface area contributed by atoms with Crippen molar-refractivity contribution in [3.8, 4) is 5.75 Å². The molecule has 0 saturated carbocycles. The van der Waals surface area contributed by atoms with Gasteiger partial charge in [0.1, 0.15) is 11.7 Å². The van der Waals surface area contributed by atoms with Crippen LogP contribution in [0.2, 0.25) is 5.02 Å². The maximum Gasteiger partial charge on any atom is 0.344 e. The lowest BCUT2D eigenvalue weighted by atomic mass is 9.86. The Morgan fingerprint density at radius 2 is 1.84 bits per heavy atom. The highest BCUT2D eigenvalue weighted by molar-refractivity contribution is 6.30. The number of hydrogen-bond donors (Lipinski definition) is 0. The second-order valence-corrected chi connectivity index (χ2v) is 9.90. The smallest absolute Gasteiger partial charge is 0.344 e. The van der Waals surface area contributed by atoms with E-state index in [1.807, 2.05) is 37.3 Å². The van der Waals surface area contributed by atoms with Crippen LogP contribution in [0.15, 0.2) is 53.5 Å². The fraction of sp³-hybridized carbons (Fsp3) is 0.429. The van der Waals surface area contributed by atoms with Gasteiger partial charge in [-0.3, -0.25) is 9.59 Å². The molecule has 0 N–H and O–H groups in total. The van der Waals surface area contributed by atoms with Gasteiger partial charge in [-0.2, -0.15) is 0 Å². The van der Waals surface area contributed by atoms with Crippen LogP contribution in [0.1, 0.15) is 44.4 Å². The summed E-state index contributed by atoms with van der Waals surface area (Å²) in [4.78, 5) is 45.9. The third-order valence-corrected chi connectivity index (χ3v) is 6.35. The molecule has 2 unspecified atom stereocenters. The van der Waals surface area contributed by atoms with E-state index in [0.717, 1.165) is 11.1 Å². The maximum absolute atomic E-state index is 13.1. The van der Waals surface area contributed by atoms with Crippen molar-refractivity contribution < 1.29 is 23.9 Å². The Hall–Kier alpha value is -3.39. The average molecular weight is 528 g/mol. The van der Waals surface area contributed by atoms with Crippen LogP contribution in [0.4, 0.5) is 4.79 Å². The van der Waals surface area contributed by atoms with Crippen molar-refractivity contribution in [3.63, 3.8) is 0 Å². The first-order chi connectivity index (χ1) is 17.6. The number of amides is 3. The highest BCUT2D eigenvalue weighted by Crippen LogP contribution is 2.36. The molecule has 1 heterocycles. The number of aliphatic imine (C=N–C) groups is 1. The molecule has 198 valence electrons. The van der Waals surface area contributed by atoms with E-state index in [2.05, 4.69) is 4.99 Å². The molecule has 3 rings (SSSR count). The molecule has 0 aliphatic carbocycles. The number of hydrogen-bond acceptors (Lipinski definition) is 5. The second-order valence-electron chi connectivity index (χ2n) is 9.46. The SMILES string of the molecule is CC1=NC(=O)N(CCCN(C)C(=O)COc2ccc(C)cc2)C(c2cccc(Cl)c2)C1C(=O)OC(C)C. The third kappa shape index (κ3) is 7.55. The zero-order valence-electron chi connectivity index (χ0n) is 21.9. The number of ether oxygens (including phenoxy) is 2. The summed E-state index contributed by atoms with van der Waals surface area (Å²) >= 11 is 6.25. The lowest BCUT2D eigenvalue weighted by Gasteiger charge is -2.39. The van der Waals surface area contributed by atoms with Crippen LogP contribution in [0.5, 0.6) is 5.75 Å². The second kappa shape index (κ2) is 12.7. The zero-order valence-corrected chi connectivity index (χ0v) is 22.7. The Labute approximate surface area is 223 Å². The molecule has 0 spiro atoms. The number of likely N-dealkylation sites (N-methyl/N-ethyl adjacent to an activating group) is 1. The monoisotopic (exact) mass is 527 g/mol. The van der Waals surface area contributed by atoms with Gasteiger partial charge in [0.25, 0.3) is 5.91 Å². The predicted octanol–water partition coefficient (Wildman–Crippen LogP) is 5.08. The maximum atomic E-state index is 13.1. The van der Waals surface area contributed by atoms with Gasteiger partial charge in [-0.15, -0.1) is 0 Å². The minimum absolute atomic E-state index is 0.0834. The summed E-state index contributed by atoms with van der Waals surface area (Å²) in [6.07, 6.45) is 0.170. The number of rotatable bonds is 10. The molecule has 0 radical (unpaired) electrons. The number of benzene rings is 2. The first-order valence-electron chi connectivity index (χ1n) is 12.3. The summed E-state index contributed by atoms with van der Waals surface area (Å²) in [5.74, 6) is -0.757. The fourth-order valence-electron chi connectivity index (χ4n) is 4.21. The van der Waals surface area contributed by atoms with Crippen LogP contribution in [0.25, 0.3) is 0 Å². The van der Waals surface area contributed by atoms with E-state index in [9.17, 15) is 14.4 Å². The highest BCUT2D eigenvalue weighted by Gasteiger charge is 2.43. The van der Waals surface area contributed by atoms with Crippen molar-refractivity contribution >= 4 is 35.2 Å². The van der Waals surface area contributed by atoms with Crippen molar-refractivity contribution in [3.05, 3.63) is 64.7 Å². The van der Waals surface area contributed by atoms with Gasteiger partial charge in [0, 0.05) is 30.9 Å². The van der Waals surface area contributed by atoms with E-state index < -0.39 is 24.0 Å². The topological polar surface area (TPSA) is 88.5 Å². The highest BCUT2D eigenvalue weighted by atomic mass is 35.5. The van der Waals surface area contributed by atoms with E-state index in [1.54, 1.807) is 55.8 Å². The Morgan fingerprint density at radius 1 is 1.14 bits per heavy atom. The molecular weight excluding hydrogens is 494 g/mol. The molecule has 8 nitrogen and oxygen atoms in total. The van der Waals surface area contributed by atoms with Gasteiger partial charge >= 0.3 is 12.0 Å². The molecule has 37 heavy (non-hydrogen) atoms. The van der Waals surface area contributed by atoms with Gasteiger partial charge in [-0.05, 0) is 63.9 Å². The number of aryl methyl sites for hydroxylation is 1. The van der Waals surface area contributed by atoms with Gasteiger partial charge in [-0.1, -0.05) is 41.4 Å². The van der Waals surface area contributed by atoms with E-state index in [0.29, 0.717) is 29.4 Å². The van der Waals surface area contributed by atoms with Crippen molar-refractivity contribution in [2.45, 2.75) is 46.3 Å². The average Bonchev–Trinajstić information content (AvgIpc) is 2.83. The molecule has 2 aromatic carbocycles. The Bertz CT molecular complexity index is 1150. The minimum Gasteiger partial charge on any atom is -0.484 e. The summed E-state index contributed by atoms with van der Waals surface area (Å²) in [6.45, 7) is 7.80. The van der Waals surface area contributed by atoms with Gasteiger partial charge in [0.15, 0.2) is 6.61 Å². The molecule has 0 aromatic heterocycles. The number of esters is 1. The molecule has 1 aliphatic rings. The Morgan fingerprint density at radius 3 is 2.49 bits per heavy atom. The van der Waals surface area contributed by atoms with Crippen molar-refractivity contribution in [1.82, 2.24) is 9.80 Å². The summed E-state index contributed by atoms with van der Waals surface area (Å²) in [5, 5.41) is 0.500. The van der Waals surface area contributed by atoms with Crippen molar-refractivity contribution in [2.24, 2.45) is 10.9 Å². The molecule has 2 aromatic rings. The Balaban J connectivity index is 1.70. The molecule has 9 heteroatoms. The van der Waals surface area contributed by atoms with E-state index in [1.165, 1.54) is 0 Å². The van der Waals surface area contributed by atoms with Gasteiger partial charge in [-0.25, -0.2) is 9.79 Å². The normalized spacial score (nSPS) is 17.4. The number of carbonyl (C=O) groups excluding carboxylic acids is 3. The number of carbonyl (C=O) groups is 3. The standard InChI is InChI=1S/C28H34ClN3O5/c1-18(2)37-27(34)25-20(4)30-28(35)32(26(25)21-8-6-9-22(29)16-21)15-7-14-31(5)24(33)17-36-23-12-10-19(3)11-13-23/h6,8-13,16,18,25-26H,7,14-15,17H2,1-5H3. The fourth-order valence-corrected chi connectivity index (χ4v) is 4.41. The molecule has 0 bridgehead atoms. The summed E-state index contributed by atoms with van der Waals surface area (Å²) in [5.41, 5.74) is 2.23. The number of nitrogens with zero attached hydrogens (tertiary/aromatic N) is 3. The number of urea groups is 1. The van der Waals surface area contributed by atoms with Gasteiger partial charge < -0.3 is 19.3 Å². The first-order valence-corrected chi connectivity index (χ1v) is 12.7.